The average Bonchev–Trinajstić information content (AvgIpc) is 2.28. The molecule has 1 radical (unpaired) electrons. The summed E-state index contributed by atoms with van der Waals surface area (Å²) in [7, 11) is 0. The second kappa shape index (κ2) is 4.80. The van der Waals surface area contributed by atoms with Gasteiger partial charge in [0.2, 0.25) is 0 Å². The van der Waals surface area contributed by atoms with Gasteiger partial charge in [0, 0.05) is 6.20 Å². The molecule has 15 heavy (non-hydrogen) atoms. The minimum Gasteiger partial charge on any atom is -0.489 e. The minimum atomic E-state index is 0.484. The molecular formula is C12H9ClNO. The highest BCUT2D eigenvalue weighted by Gasteiger charge is 1.96. The number of pyridine rings is 1. The summed E-state index contributed by atoms with van der Waals surface area (Å²) < 4.78 is 5.54. The summed E-state index contributed by atoms with van der Waals surface area (Å²) in [6, 6.07) is 13.9. The van der Waals surface area contributed by atoms with E-state index in [1.165, 1.54) is 0 Å². The van der Waals surface area contributed by atoms with Crippen LogP contribution in [-0.2, 0) is 6.61 Å². The van der Waals surface area contributed by atoms with Crippen molar-refractivity contribution < 1.29 is 4.74 Å². The lowest BCUT2D eigenvalue weighted by atomic mass is 10.3. The monoisotopic (exact) mass is 218 g/mol. The summed E-state index contributed by atoms with van der Waals surface area (Å²) in [5, 5.41) is 0.484. The smallest absolute Gasteiger partial charge is 0.129 e. The Labute approximate surface area is 93.5 Å². The first-order chi connectivity index (χ1) is 7.34. The van der Waals surface area contributed by atoms with Crippen LogP contribution in [0.2, 0.25) is 5.15 Å². The highest BCUT2D eigenvalue weighted by molar-refractivity contribution is 6.29. The first kappa shape index (κ1) is 9.99. The zero-order valence-electron chi connectivity index (χ0n) is 7.98. The maximum atomic E-state index is 5.75. The number of benzene rings is 1. The molecule has 0 aliphatic heterocycles. The highest BCUT2D eigenvalue weighted by Crippen LogP contribution is 2.12. The molecule has 0 amide bonds. The van der Waals surface area contributed by atoms with Gasteiger partial charge in [0.1, 0.15) is 17.5 Å². The third-order valence-electron chi connectivity index (χ3n) is 1.88. The molecule has 1 heterocycles. The van der Waals surface area contributed by atoms with Crippen LogP contribution in [0.4, 0.5) is 0 Å². The van der Waals surface area contributed by atoms with E-state index in [1.807, 2.05) is 30.3 Å². The molecule has 0 saturated carbocycles. The summed E-state index contributed by atoms with van der Waals surface area (Å²) in [5.74, 6) is 0.821. The van der Waals surface area contributed by atoms with Gasteiger partial charge in [-0.15, -0.1) is 0 Å². The van der Waals surface area contributed by atoms with Gasteiger partial charge in [-0.1, -0.05) is 23.7 Å². The van der Waals surface area contributed by atoms with E-state index in [-0.39, 0.29) is 0 Å². The quantitative estimate of drug-likeness (QED) is 0.739. The summed E-state index contributed by atoms with van der Waals surface area (Å²) in [4.78, 5) is 3.90. The van der Waals surface area contributed by atoms with Gasteiger partial charge in [0.05, 0.1) is 0 Å². The molecule has 0 saturated heterocycles. The fraction of sp³-hybridized carbons (Fsp3) is 0.0833. The largest absolute Gasteiger partial charge is 0.489 e. The maximum absolute atomic E-state index is 5.75. The van der Waals surface area contributed by atoms with E-state index in [1.54, 1.807) is 12.3 Å². The van der Waals surface area contributed by atoms with Gasteiger partial charge in [0.25, 0.3) is 0 Å². The Bertz CT molecular complexity index is 431. The topological polar surface area (TPSA) is 22.1 Å². The molecule has 0 aliphatic carbocycles. The van der Waals surface area contributed by atoms with E-state index in [4.69, 9.17) is 16.3 Å². The molecule has 0 spiro atoms. The first-order valence-electron chi connectivity index (χ1n) is 4.54. The molecule has 2 aromatic rings. The molecule has 1 aromatic carbocycles. The van der Waals surface area contributed by atoms with E-state index in [0.29, 0.717) is 11.8 Å². The number of hydrogen-bond donors (Lipinski definition) is 0. The van der Waals surface area contributed by atoms with Crippen molar-refractivity contribution in [3.8, 4) is 5.75 Å². The van der Waals surface area contributed by atoms with Crippen molar-refractivity contribution in [2.24, 2.45) is 0 Å². The first-order valence-corrected chi connectivity index (χ1v) is 4.92. The van der Waals surface area contributed by atoms with Crippen LogP contribution in [0.15, 0.2) is 42.6 Å². The fourth-order valence-electron chi connectivity index (χ4n) is 1.17. The van der Waals surface area contributed by atoms with E-state index < -0.39 is 0 Å². The summed E-state index contributed by atoms with van der Waals surface area (Å²) in [6.45, 7) is 0.492. The number of hydrogen-bond acceptors (Lipinski definition) is 2. The van der Waals surface area contributed by atoms with Gasteiger partial charge in [-0.3, -0.25) is 0 Å². The molecule has 0 fully saturated rings. The van der Waals surface area contributed by atoms with Crippen molar-refractivity contribution in [3.05, 3.63) is 59.4 Å². The Morgan fingerprint density at radius 3 is 2.80 bits per heavy atom. The Hall–Kier alpha value is -1.54. The number of aromatic nitrogens is 1. The average molecular weight is 219 g/mol. The lowest BCUT2D eigenvalue weighted by Crippen LogP contribution is -1.95. The number of ether oxygens (including phenoxy) is 1. The minimum absolute atomic E-state index is 0.484. The molecule has 0 bridgehead atoms. The van der Waals surface area contributed by atoms with Gasteiger partial charge >= 0.3 is 0 Å². The maximum Gasteiger partial charge on any atom is 0.129 e. The van der Waals surface area contributed by atoms with Crippen LogP contribution >= 0.6 is 11.6 Å². The highest BCUT2D eigenvalue weighted by atomic mass is 35.5. The lowest BCUT2D eigenvalue weighted by molar-refractivity contribution is 0.306. The van der Waals surface area contributed by atoms with Crippen LogP contribution < -0.4 is 4.74 Å². The van der Waals surface area contributed by atoms with Gasteiger partial charge < -0.3 is 4.74 Å². The van der Waals surface area contributed by atoms with Crippen LogP contribution in [0, 0.1) is 6.07 Å². The summed E-state index contributed by atoms with van der Waals surface area (Å²) >= 11 is 5.75. The van der Waals surface area contributed by atoms with E-state index in [2.05, 4.69) is 11.1 Å². The molecule has 0 atom stereocenters. The van der Waals surface area contributed by atoms with Crippen LogP contribution in [0.3, 0.4) is 0 Å². The molecule has 75 valence electrons. The molecule has 2 rings (SSSR count). The molecular weight excluding hydrogens is 210 g/mol. The van der Waals surface area contributed by atoms with Gasteiger partial charge in [-0.05, 0) is 35.9 Å². The normalized spacial score (nSPS) is 9.93. The van der Waals surface area contributed by atoms with E-state index in [9.17, 15) is 0 Å². The molecule has 1 aromatic heterocycles. The molecule has 3 heteroatoms. The van der Waals surface area contributed by atoms with Crippen molar-refractivity contribution in [2.45, 2.75) is 6.61 Å². The predicted octanol–water partition coefficient (Wildman–Crippen LogP) is 3.11. The van der Waals surface area contributed by atoms with Crippen LogP contribution in [-0.4, -0.2) is 4.98 Å². The second-order valence-electron chi connectivity index (χ2n) is 3.01. The van der Waals surface area contributed by atoms with Crippen molar-refractivity contribution >= 4 is 11.6 Å². The second-order valence-corrected chi connectivity index (χ2v) is 3.40. The Balaban J connectivity index is 1.99. The van der Waals surface area contributed by atoms with Crippen molar-refractivity contribution in [3.63, 3.8) is 0 Å². The van der Waals surface area contributed by atoms with Gasteiger partial charge in [-0.2, -0.15) is 0 Å². The zero-order chi connectivity index (χ0) is 10.5. The van der Waals surface area contributed by atoms with E-state index >= 15 is 0 Å². The Kier molecular flexibility index (Phi) is 3.20. The predicted molar refractivity (Wildman–Crippen MR) is 58.9 cm³/mol. The fourth-order valence-corrected chi connectivity index (χ4v) is 1.36. The standard InChI is InChI=1S/C12H9ClNO/c13-12-8-10(6-7-14-12)9-15-11-4-2-1-3-5-11/h2-8H,9H2. The molecule has 0 aliphatic rings. The lowest BCUT2D eigenvalue weighted by Gasteiger charge is -2.05. The summed E-state index contributed by atoms with van der Waals surface area (Å²) in [6.07, 6.45) is 1.67. The third kappa shape index (κ3) is 2.96. The third-order valence-corrected chi connectivity index (χ3v) is 2.09. The van der Waals surface area contributed by atoms with Crippen LogP contribution in [0.1, 0.15) is 5.56 Å². The molecule has 2 nitrogen and oxygen atoms in total. The van der Waals surface area contributed by atoms with Crippen LogP contribution in [0.25, 0.3) is 0 Å². The van der Waals surface area contributed by atoms with Gasteiger partial charge in [0.15, 0.2) is 0 Å². The van der Waals surface area contributed by atoms with Crippen molar-refractivity contribution in [1.29, 1.82) is 0 Å². The Morgan fingerprint density at radius 2 is 2.07 bits per heavy atom. The zero-order valence-corrected chi connectivity index (χ0v) is 8.74. The number of halogens is 1. The Morgan fingerprint density at radius 1 is 1.27 bits per heavy atom. The van der Waals surface area contributed by atoms with Crippen molar-refractivity contribution in [2.75, 3.05) is 0 Å². The number of nitrogens with zero attached hydrogens (tertiary/aromatic N) is 1. The van der Waals surface area contributed by atoms with Crippen molar-refractivity contribution in [1.82, 2.24) is 4.98 Å². The molecule has 0 unspecified atom stereocenters. The van der Waals surface area contributed by atoms with Gasteiger partial charge in [-0.25, -0.2) is 4.98 Å². The summed E-state index contributed by atoms with van der Waals surface area (Å²) in [5.41, 5.74) is 1.00. The number of rotatable bonds is 3. The van der Waals surface area contributed by atoms with E-state index in [0.717, 1.165) is 11.3 Å². The molecule has 0 N–H and O–H groups in total. The van der Waals surface area contributed by atoms with Crippen LogP contribution in [0.5, 0.6) is 5.75 Å². The SMILES string of the molecule is Clc1cc(COc2cc[c]cc2)ccn1.